The maximum Gasteiger partial charge on any atom is 0.239 e. The third kappa shape index (κ3) is 5.55. The SMILES string of the molecule is CNc1cc(N(C)CC(=O)NCCOC)nc(C(C)C)n1. The van der Waals surface area contributed by atoms with Crippen LogP contribution >= 0.6 is 0 Å². The van der Waals surface area contributed by atoms with E-state index in [1.54, 1.807) is 12.0 Å². The number of hydrogen-bond acceptors (Lipinski definition) is 6. The zero-order valence-corrected chi connectivity index (χ0v) is 13.4. The molecule has 7 heteroatoms. The van der Waals surface area contributed by atoms with Gasteiger partial charge in [0.2, 0.25) is 5.91 Å². The van der Waals surface area contributed by atoms with Gasteiger partial charge in [-0.3, -0.25) is 4.79 Å². The molecule has 1 amide bonds. The number of nitrogens with zero attached hydrogens (tertiary/aromatic N) is 3. The van der Waals surface area contributed by atoms with Gasteiger partial charge in [0.25, 0.3) is 0 Å². The van der Waals surface area contributed by atoms with Gasteiger partial charge in [-0.25, -0.2) is 9.97 Å². The molecule has 7 nitrogen and oxygen atoms in total. The maximum absolute atomic E-state index is 11.8. The van der Waals surface area contributed by atoms with Crippen LogP contribution in [0.2, 0.25) is 0 Å². The van der Waals surface area contributed by atoms with Crippen molar-refractivity contribution >= 4 is 17.5 Å². The Morgan fingerprint density at radius 1 is 1.43 bits per heavy atom. The quantitative estimate of drug-likeness (QED) is 0.692. The molecule has 0 saturated heterocycles. The number of amides is 1. The van der Waals surface area contributed by atoms with Gasteiger partial charge in [-0.2, -0.15) is 0 Å². The van der Waals surface area contributed by atoms with E-state index in [0.717, 1.165) is 17.5 Å². The van der Waals surface area contributed by atoms with E-state index < -0.39 is 0 Å². The number of anilines is 2. The van der Waals surface area contributed by atoms with E-state index in [-0.39, 0.29) is 18.4 Å². The molecule has 1 heterocycles. The average molecular weight is 295 g/mol. The Balaban J connectivity index is 2.74. The minimum Gasteiger partial charge on any atom is -0.383 e. The molecule has 1 rings (SSSR count). The zero-order valence-electron chi connectivity index (χ0n) is 13.4. The number of likely N-dealkylation sites (N-methyl/N-ethyl adjacent to an activating group) is 1. The highest BCUT2D eigenvalue weighted by Crippen LogP contribution is 2.18. The van der Waals surface area contributed by atoms with Crippen LogP contribution in [-0.4, -0.2) is 56.8 Å². The summed E-state index contributed by atoms with van der Waals surface area (Å²) < 4.78 is 4.90. The lowest BCUT2D eigenvalue weighted by atomic mass is 10.2. The van der Waals surface area contributed by atoms with E-state index in [4.69, 9.17) is 4.74 Å². The normalized spacial score (nSPS) is 10.6. The van der Waals surface area contributed by atoms with Crippen molar-refractivity contribution in [3.63, 3.8) is 0 Å². The van der Waals surface area contributed by atoms with Crippen LogP contribution in [0, 0.1) is 0 Å². The number of hydrogen-bond donors (Lipinski definition) is 2. The lowest BCUT2D eigenvalue weighted by Gasteiger charge is -2.19. The fourth-order valence-electron chi connectivity index (χ4n) is 1.68. The molecule has 0 aromatic carbocycles. The maximum atomic E-state index is 11.8. The summed E-state index contributed by atoms with van der Waals surface area (Å²) in [4.78, 5) is 22.5. The fraction of sp³-hybridized carbons (Fsp3) is 0.643. The minimum atomic E-state index is -0.0646. The molecule has 0 radical (unpaired) electrons. The first-order chi connectivity index (χ1) is 9.97. The summed E-state index contributed by atoms with van der Waals surface area (Å²) in [5, 5.41) is 5.80. The summed E-state index contributed by atoms with van der Waals surface area (Å²) in [6.07, 6.45) is 0. The third-order valence-corrected chi connectivity index (χ3v) is 2.90. The highest BCUT2D eigenvalue weighted by molar-refractivity contribution is 5.81. The molecule has 118 valence electrons. The number of aromatic nitrogens is 2. The Kier molecular flexibility index (Phi) is 6.87. The van der Waals surface area contributed by atoms with Crippen molar-refractivity contribution in [2.75, 3.05) is 51.1 Å². The second-order valence-electron chi connectivity index (χ2n) is 5.07. The van der Waals surface area contributed by atoms with Crippen molar-refractivity contribution < 1.29 is 9.53 Å². The molecule has 0 aliphatic heterocycles. The highest BCUT2D eigenvalue weighted by atomic mass is 16.5. The number of methoxy groups -OCH3 is 1. The van der Waals surface area contributed by atoms with Gasteiger partial charge < -0.3 is 20.3 Å². The highest BCUT2D eigenvalue weighted by Gasteiger charge is 2.13. The Bertz CT molecular complexity index is 465. The zero-order chi connectivity index (χ0) is 15.8. The Hall–Kier alpha value is -1.89. The summed E-state index contributed by atoms with van der Waals surface area (Å²) in [7, 11) is 5.25. The van der Waals surface area contributed by atoms with E-state index in [1.165, 1.54) is 0 Å². The van der Waals surface area contributed by atoms with E-state index >= 15 is 0 Å². The summed E-state index contributed by atoms with van der Waals surface area (Å²) >= 11 is 0. The summed E-state index contributed by atoms with van der Waals surface area (Å²) in [5.74, 6) is 2.38. The van der Waals surface area contributed by atoms with Crippen molar-refractivity contribution in [2.45, 2.75) is 19.8 Å². The predicted molar refractivity (Wildman–Crippen MR) is 83.8 cm³/mol. The standard InChI is InChI=1S/C14H25N5O2/c1-10(2)14-17-11(15-3)8-12(18-14)19(4)9-13(20)16-6-7-21-5/h8,10H,6-7,9H2,1-5H3,(H,16,20)(H,15,17,18). The van der Waals surface area contributed by atoms with Gasteiger partial charge in [0.15, 0.2) is 0 Å². The molecule has 1 aromatic rings. The van der Waals surface area contributed by atoms with Gasteiger partial charge in [0.05, 0.1) is 13.2 Å². The van der Waals surface area contributed by atoms with Gasteiger partial charge in [-0.1, -0.05) is 13.8 Å². The lowest BCUT2D eigenvalue weighted by Crippen LogP contribution is -2.37. The van der Waals surface area contributed by atoms with Gasteiger partial charge in [-0.05, 0) is 0 Å². The van der Waals surface area contributed by atoms with Crippen LogP contribution in [0.5, 0.6) is 0 Å². The third-order valence-electron chi connectivity index (χ3n) is 2.90. The number of ether oxygens (including phenoxy) is 1. The van der Waals surface area contributed by atoms with Gasteiger partial charge >= 0.3 is 0 Å². The van der Waals surface area contributed by atoms with E-state index in [1.807, 2.05) is 34.0 Å². The molecule has 0 aliphatic carbocycles. The lowest BCUT2D eigenvalue weighted by molar-refractivity contribution is -0.119. The molecular formula is C14H25N5O2. The molecule has 21 heavy (non-hydrogen) atoms. The predicted octanol–water partition coefficient (Wildman–Crippen LogP) is 0.840. The molecule has 0 bridgehead atoms. The van der Waals surface area contributed by atoms with Gasteiger partial charge in [-0.15, -0.1) is 0 Å². The van der Waals surface area contributed by atoms with Crippen molar-refractivity contribution in [2.24, 2.45) is 0 Å². The molecule has 0 saturated carbocycles. The van der Waals surface area contributed by atoms with Crippen molar-refractivity contribution in [1.82, 2.24) is 15.3 Å². The molecule has 0 aliphatic rings. The van der Waals surface area contributed by atoms with Crippen LogP contribution < -0.4 is 15.5 Å². The molecule has 1 aromatic heterocycles. The largest absolute Gasteiger partial charge is 0.383 e. The molecule has 2 N–H and O–H groups in total. The number of carbonyl (C=O) groups is 1. The van der Waals surface area contributed by atoms with Crippen molar-refractivity contribution in [3.8, 4) is 0 Å². The fourth-order valence-corrected chi connectivity index (χ4v) is 1.68. The summed E-state index contributed by atoms with van der Waals surface area (Å²) in [5.41, 5.74) is 0. The molecule has 0 fully saturated rings. The monoisotopic (exact) mass is 295 g/mol. The molecule has 0 spiro atoms. The first kappa shape index (κ1) is 17.2. The smallest absolute Gasteiger partial charge is 0.239 e. The minimum absolute atomic E-state index is 0.0646. The first-order valence-electron chi connectivity index (χ1n) is 7.01. The van der Waals surface area contributed by atoms with E-state index in [0.29, 0.717) is 13.2 Å². The van der Waals surface area contributed by atoms with Crippen LogP contribution in [-0.2, 0) is 9.53 Å². The second kappa shape index (κ2) is 8.41. The first-order valence-corrected chi connectivity index (χ1v) is 7.01. The molecule has 0 unspecified atom stereocenters. The summed E-state index contributed by atoms with van der Waals surface area (Å²) in [6, 6.07) is 1.83. The Morgan fingerprint density at radius 3 is 2.71 bits per heavy atom. The van der Waals surface area contributed by atoms with E-state index in [9.17, 15) is 4.79 Å². The van der Waals surface area contributed by atoms with E-state index in [2.05, 4.69) is 20.6 Å². The number of nitrogens with one attached hydrogen (secondary N) is 2. The number of rotatable bonds is 8. The van der Waals surface area contributed by atoms with Gasteiger partial charge in [0, 0.05) is 39.7 Å². The summed E-state index contributed by atoms with van der Waals surface area (Å²) in [6.45, 7) is 5.32. The van der Waals surface area contributed by atoms with Crippen LogP contribution in [0.3, 0.4) is 0 Å². The van der Waals surface area contributed by atoms with Gasteiger partial charge in [0.1, 0.15) is 17.5 Å². The van der Waals surface area contributed by atoms with Crippen LogP contribution in [0.25, 0.3) is 0 Å². The molecular weight excluding hydrogens is 270 g/mol. The van der Waals surface area contributed by atoms with Crippen LogP contribution in [0.1, 0.15) is 25.6 Å². The number of carbonyl (C=O) groups excluding carboxylic acids is 1. The van der Waals surface area contributed by atoms with Crippen LogP contribution in [0.4, 0.5) is 11.6 Å². The average Bonchev–Trinajstić information content (AvgIpc) is 2.46. The molecule has 0 atom stereocenters. The second-order valence-corrected chi connectivity index (χ2v) is 5.07. The van der Waals surface area contributed by atoms with Crippen molar-refractivity contribution in [3.05, 3.63) is 11.9 Å². The Morgan fingerprint density at radius 2 is 2.14 bits per heavy atom. The Labute approximate surface area is 126 Å². The van der Waals surface area contributed by atoms with Crippen LogP contribution in [0.15, 0.2) is 6.07 Å². The topological polar surface area (TPSA) is 79.4 Å². The van der Waals surface area contributed by atoms with Crippen molar-refractivity contribution in [1.29, 1.82) is 0 Å².